The largest absolute Gasteiger partial charge is 0.415 e. The van der Waals surface area contributed by atoms with Gasteiger partial charge in [-0.2, -0.15) is 11.8 Å². The third kappa shape index (κ3) is 3.29. The maximum absolute atomic E-state index is 5.51. The first-order valence-electron chi connectivity index (χ1n) is 5.66. The molecule has 0 N–H and O–H groups in total. The zero-order valence-corrected chi connectivity index (χ0v) is 12.3. The zero-order valence-electron chi connectivity index (χ0n) is 10.7. The van der Waals surface area contributed by atoms with E-state index in [0.29, 0.717) is 17.2 Å². The number of aromatic nitrogens is 4. The van der Waals surface area contributed by atoms with Crippen LogP contribution in [0.1, 0.15) is 31.6 Å². The van der Waals surface area contributed by atoms with Crippen LogP contribution in [0, 0.1) is 0 Å². The van der Waals surface area contributed by atoms with E-state index in [1.54, 1.807) is 11.8 Å². The van der Waals surface area contributed by atoms with Crippen LogP contribution in [-0.4, -0.2) is 26.0 Å². The molecule has 0 saturated heterocycles. The van der Waals surface area contributed by atoms with Crippen LogP contribution in [0.2, 0.25) is 0 Å². The van der Waals surface area contributed by atoms with Gasteiger partial charge in [-0.05, 0) is 20.1 Å². The fraction of sp³-hybridized carbons (Fsp3) is 0.545. The Morgan fingerprint density at radius 2 is 2.17 bits per heavy atom. The molecule has 0 radical (unpaired) electrons. The van der Waals surface area contributed by atoms with Gasteiger partial charge in [-0.25, -0.2) is 4.98 Å². The molecule has 0 aliphatic rings. The van der Waals surface area contributed by atoms with Gasteiger partial charge in [-0.1, -0.05) is 11.8 Å². The summed E-state index contributed by atoms with van der Waals surface area (Å²) >= 11 is 3.19. The third-order valence-corrected chi connectivity index (χ3v) is 3.70. The Morgan fingerprint density at radius 3 is 2.89 bits per heavy atom. The lowest BCUT2D eigenvalue weighted by Gasteiger charge is -2.09. The highest BCUT2D eigenvalue weighted by molar-refractivity contribution is 7.98. The molecule has 0 unspecified atom stereocenters. The molecular weight excluding hydrogens is 268 g/mol. The lowest BCUT2D eigenvalue weighted by atomic mass is 10.4. The summed E-state index contributed by atoms with van der Waals surface area (Å²) in [4.78, 5) is 4.34. The molecule has 7 heteroatoms. The SMILES string of the molecule is CSCc1nnc(SCc2nccn2C(C)C)o1. The minimum Gasteiger partial charge on any atom is -0.415 e. The summed E-state index contributed by atoms with van der Waals surface area (Å²) < 4.78 is 7.65. The van der Waals surface area contributed by atoms with E-state index < -0.39 is 0 Å². The summed E-state index contributed by atoms with van der Waals surface area (Å²) in [6.45, 7) is 4.28. The maximum Gasteiger partial charge on any atom is 0.277 e. The molecule has 2 rings (SSSR count). The van der Waals surface area contributed by atoms with Crippen molar-refractivity contribution < 1.29 is 4.42 Å². The standard InChI is InChI=1S/C11H16N4OS2/c1-8(2)15-5-4-12-9(15)6-18-11-14-13-10(16-11)7-17-3/h4-5,8H,6-7H2,1-3H3. The van der Waals surface area contributed by atoms with Crippen molar-refractivity contribution in [2.24, 2.45) is 0 Å². The van der Waals surface area contributed by atoms with Gasteiger partial charge in [-0.3, -0.25) is 0 Å². The first kappa shape index (κ1) is 13.5. The van der Waals surface area contributed by atoms with Crippen molar-refractivity contribution in [2.45, 2.75) is 36.6 Å². The minimum atomic E-state index is 0.415. The molecule has 0 bridgehead atoms. The summed E-state index contributed by atoms with van der Waals surface area (Å²) in [5.74, 6) is 3.21. The van der Waals surface area contributed by atoms with E-state index in [1.807, 2.05) is 18.6 Å². The topological polar surface area (TPSA) is 56.7 Å². The summed E-state index contributed by atoms with van der Waals surface area (Å²) in [6.07, 6.45) is 5.83. The normalized spacial score (nSPS) is 11.3. The Morgan fingerprint density at radius 1 is 1.33 bits per heavy atom. The van der Waals surface area contributed by atoms with Gasteiger partial charge in [0.25, 0.3) is 5.22 Å². The molecule has 0 aromatic carbocycles. The molecule has 0 fully saturated rings. The van der Waals surface area contributed by atoms with E-state index in [4.69, 9.17) is 4.42 Å². The van der Waals surface area contributed by atoms with Crippen LogP contribution in [0.25, 0.3) is 0 Å². The maximum atomic E-state index is 5.51. The van der Waals surface area contributed by atoms with Gasteiger partial charge >= 0.3 is 0 Å². The van der Waals surface area contributed by atoms with Crippen LogP contribution < -0.4 is 0 Å². The molecule has 0 amide bonds. The second-order valence-corrected chi connectivity index (χ2v) is 5.82. The number of imidazole rings is 1. The molecule has 18 heavy (non-hydrogen) atoms. The molecule has 0 spiro atoms. The second kappa shape index (κ2) is 6.29. The average molecular weight is 284 g/mol. The minimum absolute atomic E-state index is 0.415. The summed E-state index contributed by atoms with van der Waals surface area (Å²) in [5.41, 5.74) is 0. The number of rotatable bonds is 6. The molecule has 0 saturated carbocycles. The quantitative estimate of drug-likeness (QED) is 0.760. The van der Waals surface area contributed by atoms with Gasteiger partial charge in [0.05, 0.1) is 11.5 Å². The lowest BCUT2D eigenvalue weighted by Crippen LogP contribution is -2.04. The number of nitrogens with zero attached hydrogens (tertiary/aromatic N) is 4. The van der Waals surface area contributed by atoms with Crippen molar-refractivity contribution in [3.05, 3.63) is 24.1 Å². The molecular formula is C11H16N4OS2. The molecule has 0 aliphatic heterocycles. The Balaban J connectivity index is 1.96. The molecule has 2 aromatic rings. The van der Waals surface area contributed by atoms with Crippen molar-refractivity contribution in [1.29, 1.82) is 0 Å². The average Bonchev–Trinajstić information content (AvgIpc) is 2.95. The van der Waals surface area contributed by atoms with Crippen molar-refractivity contribution in [1.82, 2.24) is 19.7 Å². The molecule has 98 valence electrons. The molecule has 5 nitrogen and oxygen atoms in total. The van der Waals surface area contributed by atoms with Crippen LogP contribution in [0.15, 0.2) is 22.0 Å². The van der Waals surface area contributed by atoms with Crippen LogP contribution in [-0.2, 0) is 11.5 Å². The van der Waals surface area contributed by atoms with E-state index in [9.17, 15) is 0 Å². The van der Waals surface area contributed by atoms with Crippen LogP contribution in [0.5, 0.6) is 0 Å². The number of hydrogen-bond acceptors (Lipinski definition) is 6. The lowest BCUT2D eigenvalue weighted by molar-refractivity contribution is 0.426. The van der Waals surface area contributed by atoms with Gasteiger partial charge < -0.3 is 8.98 Å². The van der Waals surface area contributed by atoms with Crippen LogP contribution in [0.3, 0.4) is 0 Å². The highest BCUT2D eigenvalue weighted by atomic mass is 32.2. The number of hydrogen-bond donors (Lipinski definition) is 0. The first-order valence-corrected chi connectivity index (χ1v) is 8.04. The summed E-state index contributed by atoms with van der Waals surface area (Å²) in [6, 6.07) is 0.415. The Hall–Kier alpha value is -0.950. The molecule has 0 aliphatic carbocycles. The van der Waals surface area contributed by atoms with Gasteiger partial charge in [0.1, 0.15) is 5.82 Å². The molecule has 2 aromatic heterocycles. The summed E-state index contributed by atoms with van der Waals surface area (Å²) in [7, 11) is 0. The van der Waals surface area contributed by atoms with Crippen LogP contribution >= 0.6 is 23.5 Å². The van der Waals surface area contributed by atoms with Crippen molar-refractivity contribution >= 4 is 23.5 Å². The van der Waals surface area contributed by atoms with Gasteiger partial charge in [0.15, 0.2) is 0 Å². The van der Waals surface area contributed by atoms with E-state index in [0.717, 1.165) is 17.3 Å². The Labute approximate surface area is 115 Å². The van der Waals surface area contributed by atoms with Gasteiger partial charge in [0.2, 0.25) is 5.89 Å². The van der Waals surface area contributed by atoms with E-state index in [1.165, 1.54) is 11.8 Å². The smallest absolute Gasteiger partial charge is 0.277 e. The third-order valence-electron chi connectivity index (χ3n) is 2.35. The monoisotopic (exact) mass is 284 g/mol. The molecule has 0 atom stereocenters. The fourth-order valence-electron chi connectivity index (χ4n) is 1.53. The predicted molar refractivity (Wildman–Crippen MR) is 73.7 cm³/mol. The number of thioether (sulfide) groups is 2. The van der Waals surface area contributed by atoms with Gasteiger partial charge in [0, 0.05) is 18.4 Å². The predicted octanol–water partition coefficient (Wildman–Crippen LogP) is 3.00. The van der Waals surface area contributed by atoms with Crippen molar-refractivity contribution in [3.8, 4) is 0 Å². The first-order chi connectivity index (χ1) is 8.70. The van der Waals surface area contributed by atoms with Crippen molar-refractivity contribution in [3.63, 3.8) is 0 Å². The Bertz CT molecular complexity index is 495. The molecule has 2 heterocycles. The summed E-state index contributed by atoms with van der Waals surface area (Å²) in [5, 5.41) is 8.59. The van der Waals surface area contributed by atoms with E-state index >= 15 is 0 Å². The van der Waals surface area contributed by atoms with Crippen LogP contribution in [0.4, 0.5) is 0 Å². The highest BCUT2D eigenvalue weighted by Gasteiger charge is 2.10. The highest BCUT2D eigenvalue weighted by Crippen LogP contribution is 2.22. The van der Waals surface area contributed by atoms with Crippen molar-refractivity contribution in [2.75, 3.05) is 6.26 Å². The second-order valence-electron chi connectivity index (χ2n) is 4.03. The fourth-order valence-corrected chi connectivity index (χ4v) is 2.62. The van der Waals surface area contributed by atoms with Gasteiger partial charge in [-0.15, -0.1) is 10.2 Å². The zero-order chi connectivity index (χ0) is 13.0. The Kier molecular flexibility index (Phi) is 4.71. The van der Waals surface area contributed by atoms with E-state index in [2.05, 4.69) is 33.6 Å². The van der Waals surface area contributed by atoms with E-state index in [-0.39, 0.29) is 0 Å².